The zero-order chi connectivity index (χ0) is 28.1. The molecule has 0 atom stereocenters. The Morgan fingerprint density at radius 1 is 0.947 bits per heavy atom. The molecule has 1 aromatic carbocycles. The van der Waals surface area contributed by atoms with Gasteiger partial charge in [0.15, 0.2) is 11.6 Å². The molecule has 1 saturated carbocycles. The van der Waals surface area contributed by atoms with Crippen LogP contribution in [0.2, 0.25) is 0 Å². The Bertz CT molecular complexity index is 1230. The second kappa shape index (κ2) is 12.1. The van der Waals surface area contributed by atoms with Crippen molar-refractivity contribution in [2.24, 2.45) is 5.41 Å². The van der Waals surface area contributed by atoms with E-state index in [-0.39, 0.29) is 35.4 Å². The number of hydrogen-bond acceptors (Lipinski definition) is 2. The number of ketones is 2. The predicted octanol–water partition coefficient (Wildman–Crippen LogP) is 9.18. The molecule has 3 rings (SSSR count). The van der Waals surface area contributed by atoms with E-state index in [1.807, 2.05) is 25.2 Å². The Balaban J connectivity index is 1.62. The molecule has 0 unspecified atom stereocenters. The van der Waals surface area contributed by atoms with Gasteiger partial charge in [0.25, 0.3) is 0 Å². The van der Waals surface area contributed by atoms with E-state index in [2.05, 4.69) is 39.8 Å². The van der Waals surface area contributed by atoms with Gasteiger partial charge in [-0.25, -0.2) is 0 Å². The van der Waals surface area contributed by atoms with E-state index in [0.29, 0.717) is 5.56 Å². The molecule has 0 aliphatic heterocycles. The quantitative estimate of drug-likeness (QED) is 0.212. The molecule has 0 bridgehead atoms. The van der Waals surface area contributed by atoms with Crippen molar-refractivity contribution in [1.29, 1.82) is 0 Å². The number of Topliss-reactive ketones (excluding diaryl/α,β-unsaturated/α-hetero) is 2. The molecule has 0 N–H and O–H groups in total. The Hall–Kier alpha value is -3.21. The number of hydrogen-bond donors (Lipinski definition) is 0. The topological polar surface area (TPSA) is 34.1 Å². The van der Waals surface area contributed by atoms with Crippen LogP contribution in [-0.2, 0) is 15.8 Å². The summed E-state index contributed by atoms with van der Waals surface area (Å²) in [4.78, 5) is 25.3. The lowest BCUT2D eigenvalue weighted by atomic mass is 9.72. The van der Waals surface area contributed by atoms with Gasteiger partial charge in [-0.15, -0.1) is 0 Å². The van der Waals surface area contributed by atoms with E-state index in [1.54, 1.807) is 12.2 Å². The second-order valence-corrected chi connectivity index (χ2v) is 11.1. The first-order valence-electron chi connectivity index (χ1n) is 13.1. The normalized spacial score (nSPS) is 21.7. The van der Waals surface area contributed by atoms with Gasteiger partial charge >= 0.3 is 6.18 Å². The van der Waals surface area contributed by atoms with Gasteiger partial charge in [0.05, 0.1) is 11.1 Å². The first-order valence-corrected chi connectivity index (χ1v) is 13.1. The second-order valence-electron chi connectivity index (χ2n) is 11.1. The third kappa shape index (κ3) is 7.66. The first kappa shape index (κ1) is 29.3. The van der Waals surface area contributed by atoms with Crippen LogP contribution < -0.4 is 0 Å². The third-order valence-electron chi connectivity index (χ3n) is 7.46. The van der Waals surface area contributed by atoms with Crippen molar-refractivity contribution in [3.8, 4) is 0 Å². The maximum absolute atomic E-state index is 12.8. The Morgan fingerprint density at radius 2 is 1.55 bits per heavy atom. The minimum Gasteiger partial charge on any atom is -0.294 e. The molecule has 202 valence electrons. The largest absolute Gasteiger partial charge is 0.416 e. The summed E-state index contributed by atoms with van der Waals surface area (Å²) in [5.41, 5.74) is 5.08. The molecule has 1 fully saturated rings. The standard InChI is InChI=1S/C33H37F3O2/c1-22(8-6-9-23(2)12-18-29-24(3)10-7-19-32(29,4)5)11-17-28-30(37)20-26(21-31(28)38)25-13-15-27(16-14-25)33(34,35)36/h6,8-9,11-18,26H,7,10,19-21H2,1-5H3/b8-6+,18-12+,22-11+,23-9+,28-17?. The Labute approximate surface area is 224 Å². The molecule has 38 heavy (non-hydrogen) atoms. The molecule has 0 saturated heterocycles. The van der Waals surface area contributed by atoms with E-state index in [4.69, 9.17) is 0 Å². The summed E-state index contributed by atoms with van der Waals surface area (Å²) < 4.78 is 38.4. The minimum atomic E-state index is -4.42. The highest BCUT2D eigenvalue weighted by Crippen LogP contribution is 2.41. The van der Waals surface area contributed by atoms with Gasteiger partial charge in [-0.05, 0) is 80.7 Å². The van der Waals surface area contributed by atoms with Crippen molar-refractivity contribution in [1.82, 2.24) is 0 Å². The number of carbonyl (C=O) groups excluding carboxylic acids is 2. The highest BCUT2D eigenvalue weighted by atomic mass is 19.4. The maximum Gasteiger partial charge on any atom is 0.416 e. The molecule has 5 heteroatoms. The van der Waals surface area contributed by atoms with Gasteiger partial charge in [0.1, 0.15) is 0 Å². The van der Waals surface area contributed by atoms with Crippen LogP contribution in [0, 0.1) is 5.41 Å². The number of halogens is 3. The molecule has 2 aliphatic rings. The van der Waals surface area contributed by atoms with E-state index >= 15 is 0 Å². The van der Waals surface area contributed by atoms with Crippen LogP contribution in [0.4, 0.5) is 13.2 Å². The van der Waals surface area contributed by atoms with Gasteiger partial charge in [-0.3, -0.25) is 9.59 Å². The Kier molecular flexibility index (Phi) is 9.35. The van der Waals surface area contributed by atoms with Crippen LogP contribution >= 0.6 is 0 Å². The van der Waals surface area contributed by atoms with Crippen molar-refractivity contribution in [3.05, 3.63) is 106 Å². The SMILES string of the molecule is CC1=C(/C=C/C(C)=C/C=C/C(C)=C/C=C2C(=O)CC(c3ccc(C(F)(F)F)cc3)CC2=O)C(C)(C)CCC1. The molecule has 2 aliphatic carbocycles. The number of carbonyl (C=O) groups is 2. The fraction of sp³-hybridized carbons (Fsp3) is 0.394. The van der Waals surface area contributed by atoms with Crippen molar-refractivity contribution >= 4 is 11.6 Å². The fourth-order valence-corrected chi connectivity index (χ4v) is 5.16. The summed E-state index contributed by atoms with van der Waals surface area (Å²) in [7, 11) is 0. The zero-order valence-corrected chi connectivity index (χ0v) is 22.9. The summed E-state index contributed by atoms with van der Waals surface area (Å²) in [6, 6.07) is 4.71. The predicted molar refractivity (Wildman–Crippen MR) is 148 cm³/mol. The average Bonchev–Trinajstić information content (AvgIpc) is 2.82. The molecule has 0 aromatic heterocycles. The lowest BCUT2D eigenvalue weighted by Gasteiger charge is -2.32. The van der Waals surface area contributed by atoms with Crippen molar-refractivity contribution in [3.63, 3.8) is 0 Å². The van der Waals surface area contributed by atoms with Crippen LogP contribution in [0.15, 0.2) is 94.7 Å². The third-order valence-corrected chi connectivity index (χ3v) is 7.46. The molecule has 2 nitrogen and oxygen atoms in total. The first-order chi connectivity index (χ1) is 17.8. The van der Waals surface area contributed by atoms with Gasteiger partial charge in [0.2, 0.25) is 0 Å². The van der Waals surface area contributed by atoms with E-state index in [1.165, 1.54) is 36.1 Å². The zero-order valence-electron chi connectivity index (χ0n) is 22.9. The summed E-state index contributed by atoms with van der Waals surface area (Å²) in [5, 5.41) is 0. The molecule has 1 aromatic rings. The summed E-state index contributed by atoms with van der Waals surface area (Å²) in [6.07, 6.45) is 13.0. The van der Waals surface area contributed by atoms with E-state index < -0.39 is 17.7 Å². The van der Waals surface area contributed by atoms with E-state index in [0.717, 1.165) is 29.7 Å². The van der Waals surface area contributed by atoms with Crippen molar-refractivity contribution in [2.45, 2.75) is 78.8 Å². The highest BCUT2D eigenvalue weighted by Gasteiger charge is 2.33. The maximum atomic E-state index is 12.8. The van der Waals surface area contributed by atoms with Gasteiger partial charge in [0, 0.05) is 12.8 Å². The van der Waals surface area contributed by atoms with Crippen LogP contribution in [0.5, 0.6) is 0 Å². The molecular weight excluding hydrogens is 485 g/mol. The molecule has 0 spiro atoms. The monoisotopic (exact) mass is 522 g/mol. The number of rotatable bonds is 6. The van der Waals surface area contributed by atoms with Crippen molar-refractivity contribution < 1.29 is 22.8 Å². The van der Waals surface area contributed by atoms with E-state index in [9.17, 15) is 22.8 Å². The average molecular weight is 523 g/mol. The number of alkyl halides is 3. The fourth-order valence-electron chi connectivity index (χ4n) is 5.16. The smallest absolute Gasteiger partial charge is 0.294 e. The van der Waals surface area contributed by atoms with Crippen LogP contribution in [0.25, 0.3) is 0 Å². The molecular formula is C33H37F3O2. The van der Waals surface area contributed by atoms with Crippen molar-refractivity contribution in [2.75, 3.05) is 0 Å². The summed E-state index contributed by atoms with van der Waals surface area (Å²) >= 11 is 0. The van der Waals surface area contributed by atoms with Crippen LogP contribution in [0.1, 0.15) is 83.8 Å². The summed E-state index contributed by atoms with van der Waals surface area (Å²) in [6.45, 7) is 10.8. The van der Waals surface area contributed by atoms with Gasteiger partial charge in [-0.2, -0.15) is 13.2 Å². The summed E-state index contributed by atoms with van der Waals surface area (Å²) in [5.74, 6) is -0.968. The number of allylic oxidation sites excluding steroid dienone is 12. The molecule has 0 radical (unpaired) electrons. The Morgan fingerprint density at radius 3 is 2.13 bits per heavy atom. The molecule has 0 heterocycles. The van der Waals surface area contributed by atoms with Gasteiger partial charge < -0.3 is 0 Å². The lowest BCUT2D eigenvalue weighted by molar-refractivity contribution is -0.137. The molecule has 0 amide bonds. The van der Waals surface area contributed by atoms with Crippen LogP contribution in [0.3, 0.4) is 0 Å². The number of benzene rings is 1. The highest BCUT2D eigenvalue weighted by molar-refractivity contribution is 6.22. The minimum absolute atomic E-state index is 0.104. The van der Waals surface area contributed by atoms with Crippen LogP contribution in [-0.4, -0.2) is 11.6 Å². The van der Waals surface area contributed by atoms with Gasteiger partial charge in [-0.1, -0.05) is 79.2 Å². The lowest BCUT2D eigenvalue weighted by Crippen LogP contribution is -2.24.